The van der Waals surface area contributed by atoms with Crippen LogP contribution in [-0.2, 0) is 0 Å². The molecule has 1 fully saturated rings. The number of para-hydroxylation sites is 1. The van der Waals surface area contributed by atoms with Crippen molar-refractivity contribution in [2.45, 2.75) is 72.1 Å². The summed E-state index contributed by atoms with van der Waals surface area (Å²) in [5.41, 5.74) is 6.26. The summed E-state index contributed by atoms with van der Waals surface area (Å²) >= 11 is 0. The molecule has 4 N–H and O–H groups in total. The minimum absolute atomic E-state index is 0.132. The summed E-state index contributed by atoms with van der Waals surface area (Å²) in [5.74, 6) is 1.24. The number of aromatic nitrogens is 3. The van der Waals surface area contributed by atoms with E-state index in [2.05, 4.69) is 60.3 Å². The van der Waals surface area contributed by atoms with Crippen LogP contribution in [0.1, 0.15) is 91.0 Å². The van der Waals surface area contributed by atoms with Gasteiger partial charge >= 0.3 is 0 Å². The molecule has 10 heteroatoms. The summed E-state index contributed by atoms with van der Waals surface area (Å²) in [6.07, 6.45) is 9.43. The van der Waals surface area contributed by atoms with Crippen molar-refractivity contribution in [3.05, 3.63) is 101 Å². The van der Waals surface area contributed by atoms with Crippen molar-refractivity contribution >= 4 is 22.5 Å². The fraction of sp³-hybridized carbons (Fsp3) is 0.385. The first-order valence-electron chi connectivity index (χ1n) is 17.1. The number of anilines is 1. The number of hydrogen-bond acceptors (Lipinski definition) is 7. The van der Waals surface area contributed by atoms with Gasteiger partial charge in [0.25, 0.3) is 0 Å². The van der Waals surface area contributed by atoms with Gasteiger partial charge in [-0.2, -0.15) is 5.10 Å². The van der Waals surface area contributed by atoms with E-state index in [4.69, 9.17) is 15.3 Å². The molecule has 5 aromatic rings. The Bertz CT molecular complexity index is 1820. The molecule has 1 aliphatic rings. The lowest BCUT2D eigenvalue weighted by Gasteiger charge is -2.30. The molecule has 6 rings (SSSR count). The number of hydrogen-bond donors (Lipinski definition) is 4. The van der Waals surface area contributed by atoms with Gasteiger partial charge in [0, 0.05) is 18.0 Å². The highest BCUT2D eigenvalue weighted by molar-refractivity contribution is 6.12. The van der Waals surface area contributed by atoms with Gasteiger partial charge in [0.1, 0.15) is 11.6 Å². The smallest absolute Gasteiger partial charge is 0.214 e. The minimum Gasteiger partial charge on any atom is -0.454 e. The standard InChI is InChI=1S/C33H34FN5O2.C6H14.H2O2/c1-20-15-23-17-29(37-28(23)18-25(20)22-11-13-38(4)14-12-22)32(40)26-19-36-39(33(26)35-3)30-10-9-24(16-21(30)2)41-31-8-6-5-7-27(31)34;1-3-5-6-4-2;1-2/h5-10,15-19,22,35,37H,11-14H2,1-4H3;3-6H2,1-2H3;1-2H. The summed E-state index contributed by atoms with van der Waals surface area (Å²) in [4.78, 5) is 19.5. The van der Waals surface area contributed by atoms with Crippen molar-refractivity contribution in [2.75, 3.05) is 32.5 Å². The van der Waals surface area contributed by atoms with Crippen LogP contribution in [0.25, 0.3) is 16.6 Å². The zero-order chi connectivity index (χ0) is 35.5. The number of unbranched alkanes of at least 4 members (excludes halogenated alkanes) is 3. The van der Waals surface area contributed by atoms with E-state index in [1.54, 1.807) is 42.2 Å². The second kappa shape index (κ2) is 17.8. The summed E-state index contributed by atoms with van der Waals surface area (Å²) < 4.78 is 21.5. The number of rotatable bonds is 10. The largest absolute Gasteiger partial charge is 0.454 e. The summed E-state index contributed by atoms with van der Waals surface area (Å²) in [5, 5.41) is 20.7. The van der Waals surface area contributed by atoms with Gasteiger partial charge in [0.15, 0.2) is 11.6 Å². The molecule has 0 aliphatic carbocycles. The fourth-order valence-electron chi connectivity index (χ4n) is 6.36. The number of nitrogens with zero attached hydrogens (tertiary/aromatic N) is 3. The molecular weight excluding hydrogens is 621 g/mol. The van der Waals surface area contributed by atoms with E-state index in [0.29, 0.717) is 28.7 Å². The quantitative estimate of drug-likeness (QED) is 0.0506. The topological polar surface area (TPSA) is 116 Å². The molecule has 0 radical (unpaired) electrons. The highest BCUT2D eigenvalue weighted by atomic mass is 19.1. The molecule has 0 amide bonds. The number of benzene rings is 3. The number of nitrogens with one attached hydrogen (secondary N) is 2. The molecule has 262 valence electrons. The lowest BCUT2D eigenvalue weighted by Crippen LogP contribution is -2.29. The van der Waals surface area contributed by atoms with Crippen LogP contribution < -0.4 is 10.1 Å². The Kier molecular flexibility index (Phi) is 13.5. The number of halogens is 1. The molecule has 49 heavy (non-hydrogen) atoms. The van der Waals surface area contributed by atoms with Crippen LogP contribution in [0.4, 0.5) is 10.2 Å². The van der Waals surface area contributed by atoms with Crippen LogP contribution in [0.5, 0.6) is 11.5 Å². The van der Waals surface area contributed by atoms with E-state index in [-0.39, 0.29) is 11.5 Å². The van der Waals surface area contributed by atoms with E-state index in [1.165, 1.54) is 42.9 Å². The molecule has 0 unspecified atom stereocenters. The summed E-state index contributed by atoms with van der Waals surface area (Å²) in [6.45, 7) is 10.8. The van der Waals surface area contributed by atoms with E-state index >= 15 is 0 Å². The van der Waals surface area contributed by atoms with Gasteiger partial charge in [0.2, 0.25) is 5.78 Å². The van der Waals surface area contributed by atoms with Crippen LogP contribution >= 0.6 is 0 Å². The molecule has 3 aromatic carbocycles. The number of carbonyl (C=O) groups is 1. The van der Waals surface area contributed by atoms with E-state index in [0.717, 1.165) is 48.1 Å². The van der Waals surface area contributed by atoms with Gasteiger partial charge in [-0.1, -0.05) is 51.7 Å². The Hall–Kier alpha value is -4.51. The zero-order valence-electron chi connectivity index (χ0n) is 29.5. The van der Waals surface area contributed by atoms with Crippen molar-refractivity contribution in [1.82, 2.24) is 19.7 Å². The normalized spacial score (nSPS) is 13.3. The first-order valence-corrected chi connectivity index (χ1v) is 17.1. The number of ether oxygens (including phenoxy) is 1. The Morgan fingerprint density at radius 2 is 1.69 bits per heavy atom. The molecule has 1 aliphatic heterocycles. The number of aromatic amines is 1. The SMILES string of the molecule is CCCCCC.CNc1c(C(=O)c2cc3cc(C)c(C4CCN(C)CC4)cc3[nH]2)cnn1-c1ccc(Oc2ccccc2F)cc1C.OO. The van der Waals surface area contributed by atoms with Crippen LogP contribution in [0.2, 0.25) is 0 Å². The predicted octanol–water partition coefficient (Wildman–Crippen LogP) is 9.59. The van der Waals surface area contributed by atoms with Gasteiger partial charge < -0.3 is 19.9 Å². The van der Waals surface area contributed by atoms with Crippen LogP contribution in [0.15, 0.2) is 66.9 Å². The van der Waals surface area contributed by atoms with Crippen molar-refractivity contribution in [2.24, 2.45) is 0 Å². The van der Waals surface area contributed by atoms with Gasteiger partial charge in [-0.15, -0.1) is 0 Å². The number of aryl methyl sites for hydroxylation is 2. The molecule has 1 saturated heterocycles. The number of likely N-dealkylation sites (tertiary alicyclic amines) is 1. The number of carbonyl (C=O) groups excluding carboxylic acids is 1. The van der Waals surface area contributed by atoms with E-state index in [9.17, 15) is 9.18 Å². The fourth-order valence-corrected chi connectivity index (χ4v) is 6.36. The molecule has 0 bridgehead atoms. The monoisotopic (exact) mass is 671 g/mol. The third-order valence-electron chi connectivity index (χ3n) is 9.08. The second-order valence-corrected chi connectivity index (χ2v) is 12.6. The van der Waals surface area contributed by atoms with E-state index in [1.807, 2.05) is 25.1 Å². The molecule has 0 atom stereocenters. The molecular formula is C39H50FN5O4. The third-order valence-corrected chi connectivity index (χ3v) is 9.08. The molecule has 2 aromatic heterocycles. The second-order valence-electron chi connectivity index (χ2n) is 12.6. The molecule has 9 nitrogen and oxygen atoms in total. The van der Waals surface area contributed by atoms with Crippen LogP contribution in [-0.4, -0.2) is 63.1 Å². The van der Waals surface area contributed by atoms with Gasteiger partial charge in [0.05, 0.1) is 23.1 Å². The number of piperidine rings is 1. The lowest BCUT2D eigenvalue weighted by molar-refractivity contribution is -0.176. The van der Waals surface area contributed by atoms with Gasteiger partial charge in [-0.25, -0.2) is 9.07 Å². The highest BCUT2D eigenvalue weighted by Crippen LogP contribution is 2.34. The zero-order valence-corrected chi connectivity index (χ0v) is 29.5. The average Bonchev–Trinajstić information content (AvgIpc) is 3.73. The first kappa shape index (κ1) is 37.3. The summed E-state index contributed by atoms with van der Waals surface area (Å²) in [7, 11) is 3.95. The number of H-pyrrole nitrogens is 1. The van der Waals surface area contributed by atoms with Crippen molar-refractivity contribution in [1.29, 1.82) is 0 Å². The Labute approximate surface area is 288 Å². The molecule has 0 saturated carbocycles. The maximum Gasteiger partial charge on any atom is 0.214 e. The average molecular weight is 672 g/mol. The Balaban J connectivity index is 0.000000612. The van der Waals surface area contributed by atoms with Crippen molar-refractivity contribution < 1.29 is 24.4 Å². The molecule has 3 heterocycles. The highest BCUT2D eigenvalue weighted by Gasteiger charge is 2.24. The Morgan fingerprint density at radius 1 is 1.00 bits per heavy atom. The van der Waals surface area contributed by atoms with Crippen molar-refractivity contribution in [3.8, 4) is 17.2 Å². The van der Waals surface area contributed by atoms with Crippen molar-refractivity contribution in [3.63, 3.8) is 0 Å². The lowest BCUT2D eigenvalue weighted by atomic mass is 9.86. The molecule has 0 spiro atoms. The summed E-state index contributed by atoms with van der Waals surface area (Å²) in [6, 6.07) is 18.1. The maximum atomic E-state index is 14.1. The van der Waals surface area contributed by atoms with Crippen LogP contribution in [0.3, 0.4) is 0 Å². The minimum atomic E-state index is -0.424. The van der Waals surface area contributed by atoms with Crippen LogP contribution in [0, 0.1) is 19.7 Å². The Morgan fingerprint density at radius 3 is 2.33 bits per heavy atom. The first-order chi connectivity index (χ1) is 23.7. The van der Waals surface area contributed by atoms with Gasteiger partial charge in [-0.3, -0.25) is 15.3 Å². The number of ketones is 1. The van der Waals surface area contributed by atoms with E-state index < -0.39 is 5.82 Å². The maximum absolute atomic E-state index is 14.1. The number of fused-ring (bicyclic) bond motifs is 1. The third kappa shape index (κ3) is 8.94. The van der Waals surface area contributed by atoms with Gasteiger partial charge in [-0.05, 0) is 118 Å². The predicted molar refractivity (Wildman–Crippen MR) is 195 cm³/mol.